The van der Waals surface area contributed by atoms with Crippen molar-refractivity contribution < 1.29 is 4.63 Å². The molecule has 0 atom stereocenters. The largest absolute Gasteiger partial charge is 0.244 e. The summed E-state index contributed by atoms with van der Waals surface area (Å²) in [4.78, 5) is 4.41. The fourth-order valence-corrected chi connectivity index (χ4v) is 1.81. The molecule has 0 radical (unpaired) electrons. The highest BCUT2D eigenvalue weighted by Gasteiger charge is 2.06. The molecular formula is C10H8ClN3OS. The molecule has 16 heavy (non-hydrogen) atoms. The minimum atomic E-state index is 0.618. The van der Waals surface area contributed by atoms with E-state index in [2.05, 4.69) is 19.9 Å². The number of benzene rings is 1. The van der Waals surface area contributed by atoms with Crippen molar-refractivity contribution >= 4 is 34.1 Å². The molecule has 0 saturated carbocycles. The van der Waals surface area contributed by atoms with Crippen molar-refractivity contribution in [1.29, 1.82) is 0 Å². The Labute approximate surface area is 102 Å². The predicted molar refractivity (Wildman–Crippen MR) is 65.5 cm³/mol. The summed E-state index contributed by atoms with van der Waals surface area (Å²) in [5, 5.41) is 8.67. The Hall–Kier alpha value is -1.33. The molecule has 1 aromatic heterocycles. The third-order valence-corrected chi connectivity index (χ3v) is 2.73. The van der Waals surface area contributed by atoms with Gasteiger partial charge in [0.1, 0.15) is 11.2 Å². The zero-order valence-electron chi connectivity index (χ0n) is 8.42. The number of rotatable bonds is 2. The van der Waals surface area contributed by atoms with E-state index in [1.54, 1.807) is 12.1 Å². The van der Waals surface area contributed by atoms with E-state index in [0.29, 0.717) is 10.7 Å². The Morgan fingerprint density at radius 1 is 1.50 bits per heavy atom. The van der Waals surface area contributed by atoms with Gasteiger partial charge in [0, 0.05) is 5.02 Å². The van der Waals surface area contributed by atoms with Gasteiger partial charge in [-0.2, -0.15) is 0 Å². The molecule has 2 aromatic rings. The zero-order chi connectivity index (χ0) is 11.4. The van der Waals surface area contributed by atoms with Crippen LogP contribution in [0.2, 0.25) is 5.02 Å². The molecule has 0 fully saturated rings. The molecular weight excluding hydrogens is 246 g/mol. The molecule has 1 aromatic carbocycles. The number of aromatic nitrogens is 2. The highest BCUT2D eigenvalue weighted by Crippen LogP contribution is 2.21. The van der Waals surface area contributed by atoms with Gasteiger partial charge in [-0.3, -0.25) is 0 Å². The van der Waals surface area contributed by atoms with Crippen molar-refractivity contribution in [3.63, 3.8) is 0 Å². The van der Waals surface area contributed by atoms with Gasteiger partial charge in [-0.05, 0) is 29.6 Å². The van der Waals surface area contributed by atoms with Gasteiger partial charge in [-0.25, -0.2) is 9.62 Å². The molecule has 0 aliphatic carbocycles. The number of hydrogen-bond acceptors (Lipinski definition) is 5. The van der Waals surface area contributed by atoms with Crippen molar-refractivity contribution in [2.24, 2.45) is 4.99 Å². The molecule has 0 aliphatic heterocycles. The molecule has 0 saturated heterocycles. The summed E-state index contributed by atoms with van der Waals surface area (Å²) >= 11 is 7.35. The first-order valence-corrected chi connectivity index (χ1v) is 6.06. The molecule has 0 amide bonds. The Morgan fingerprint density at radius 2 is 2.38 bits per heavy atom. The summed E-state index contributed by atoms with van der Waals surface area (Å²) in [5.41, 5.74) is 1.40. The molecule has 82 valence electrons. The van der Waals surface area contributed by atoms with Crippen LogP contribution in [0, 0.1) is 0 Å². The minimum Gasteiger partial charge on any atom is -0.244 e. The second kappa shape index (κ2) is 5.14. The zero-order valence-corrected chi connectivity index (χ0v) is 10.00. The SMILES string of the molecule is CSC(=Nc1cccc(Cl)c1)c1cnon1. The number of halogens is 1. The van der Waals surface area contributed by atoms with Crippen molar-refractivity contribution in [1.82, 2.24) is 10.3 Å². The average molecular weight is 254 g/mol. The maximum atomic E-state index is 5.87. The Balaban J connectivity index is 2.34. The Morgan fingerprint density at radius 3 is 3.00 bits per heavy atom. The van der Waals surface area contributed by atoms with E-state index in [-0.39, 0.29) is 0 Å². The fraction of sp³-hybridized carbons (Fsp3) is 0.100. The first-order chi connectivity index (χ1) is 7.79. The number of hydrogen-bond donors (Lipinski definition) is 0. The van der Waals surface area contributed by atoms with Gasteiger partial charge in [0.15, 0.2) is 5.69 Å². The van der Waals surface area contributed by atoms with Gasteiger partial charge >= 0.3 is 0 Å². The standard InChI is InChI=1S/C10H8ClN3OS/c1-16-10(9-6-12-15-14-9)13-8-4-2-3-7(11)5-8/h2-6H,1H3. The minimum absolute atomic E-state index is 0.618. The maximum absolute atomic E-state index is 5.87. The molecule has 0 bridgehead atoms. The van der Waals surface area contributed by atoms with E-state index in [1.165, 1.54) is 18.0 Å². The summed E-state index contributed by atoms with van der Waals surface area (Å²) in [6, 6.07) is 7.30. The van der Waals surface area contributed by atoms with E-state index in [9.17, 15) is 0 Å². The van der Waals surface area contributed by atoms with Crippen molar-refractivity contribution in [2.45, 2.75) is 0 Å². The Bertz CT molecular complexity index is 499. The third kappa shape index (κ3) is 2.62. The van der Waals surface area contributed by atoms with E-state index in [4.69, 9.17) is 11.6 Å². The van der Waals surface area contributed by atoms with Gasteiger partial charge in [0.2, 0.25) is 0 Å². The molecule has 0 N–H and O–H groups in total. The Kier molecular flexibility index (Phi) is 3.58. The average Bonchev–Trinajstić information content (AvgIpc) is 2.79. The van der Waals surface area contributed by atoms with Crippen LogP contribution < -0.4 is 0 Å². The molecule has 2 rings (SSSR count). The fourth-order valence-electron chi connectivity index (χ4n) is 1.13. The summed E-state index contributed by atoms with van der Waals surface area (Å²) in [6.45, 7) is 0. The van der Waals surface area contributed by atoms with Crippen LogP contribution in [0.3, 0.4) is 0 Å². The van der Waals surface area contributed by atoms with E-state index in [0.717, 1.165) is 10.7 Å². The molecule has 0 unspecified atom stereocenters. The van der Waals surface area contributed by atoms with Crippen molar-refractivity contribution in [2.75, 3.05) is 6.26 Å². The maximum Gasteiger partial charge on any atom is 0.159 e. The summed E-state index contributed by atoms with van der Waals surface area (Å²) < 4.78 is 4.54. The lowest BCUT2D eigenvalue weighted by Crippen LogP contribution is -1.93. The van der Waals surface area contributed by atoms with E-state index >= 15 is 0 Å². The van der Waals surface area contributed by atoms with Gasteiger partial charge in [-0.1, -0.05) is 22.8 Å². The summed E-state index contributed by atoms with van der Waals surface area (Å²) in [7, 11) is 0. The van der Waals surface area contributed by atoms with Crippen LogP contribution in [0.15, 0.2) is 40.1 Å². The van der Waals surface area contributed by atoms with Crippen molar-refractivity contribution in [3.8, 4) is 0 Å². The first-order valence-electron chi connectivity index (χ1n) is 4.46. The van der Waals surface area contributed by atoms with Crippen LogP contribution in [0.1, 0.15) is 5.69 Å². The summed E-state index contributed by atoms with van der Waals surface area (Å²) in [5.74, 6) is 0. The van der Waals surface area contributed by atoms with E-state index < -0.39 is 0 Å². The lowest BCUT2D eigenvalue weighted by Gasteiger charge is -1.98. The highest BCUT2D eigenvalue weighted by molar-refractivity contribution is 8.13. The molecule has 1 heterocycles. The smallest absolute Gasteiger partial charge is 0.159 e. The number of nitrogens with zero attached hydrogens (tertiary/aromatic N) is 3. The monoisotopic (exact) mass is 253 g/mol. The highest BCUT2D eigenvalue weighted by atomic mass is 35.5. The van der Waals surface area contributed by atoms with Crippen LogP contribution in [-0.2, 0) is 0 Å². The lowest BCUT2D eigenvalue weighted by atomic mass is 10.3. The van der Waals surface area contributed by atoms with Gasteiger partial charge < -0.3 is 0 Å². The van der Waals surface area contributed by atoms with Crippen LogP contribution in [-0.4, -0.2) is 21.6 Å². The third-order valence-electron chi connectivity index (χ3n) is 1.81. The molecule has 6 heteroatoms. The lowest BCUT2D eigenvalue weighted by molar-refractivity contribution is 0.306. The van der Waals surface area contributed by atoms with Crippen LogP contribution in [0.25, 0.3) is 0 Å². The van der Waals surface area contributed by atoms with Gasteiger partial charge in [0.25, 0.3) is 0 Å². The molecule has 0 spiro atoms. The molecule has 0 aliphatic rings. The first kappa shape index (κ1) is 11.2. The van der Waals surface area contributed by atoms with Crippen LogP contribution >= 0.6 is 23.4 Å². The number of thioether (sulfide) groups is 1. The number of aliphatic imine (C=N–C) groups is 1. The van der Waals surface area contributed by atoms with Crippen molar-refractivity contribution in [3.05, 3.63) is 41.2 Å². The second-order valence-electron chi connectivity index (χ2n) is 2.89. The topological polar surface area (TPSA) is 51.3 Å². The van der Waals surface area contributed by atoms with Crippen LogP contribution in [0.5, 0.6) is 0 Å². The molecule has 4 nitrogen and oxygen atoms in total. The quantitative estimate of drug-likeness (QED) is 0.609. The van der Waals surface area contributed by atoms with Gasteiger partial charge in [-0.15, -0.1) is 11.8 Å². The van der Waals surface area contributed by atoms with Gasteiger partial charge in [0.05, 0.1) is 5.69 Å². The second-order valence-corrected chi connectivity index (χ2v) is 4.13. The summed E-state index contributed by atoms with van der Waals surface area (Å²) in [6.07, 6.45) is 3.44. The van der Waals surface area contributed by atoms with Crippen LogP contribution in [0.4, 0.5) is 5.69 Å². The predicted octanol–water partition coefficient (Wildman–Crippen LogP) is 3.16. The van der Waals surface area contributed by atoms with E-state index in [1.807, 2.05) is 18.4 Å². The normalized spacial score (nSPS) is 11.8.